The molecule has 72 valence electrons. The van der Waals surface area contributed by atoms with Gasteiger partial charge in [0.25, 0.3) is 0 Å². The molecule has 0 heterocycles. The molecule has 0 rings (SSSR count). The van der Waals surface area contributed by atoms with Gasteiger partial charge in [0.2, 0.25) is 0 Å². The molecular weight excluding hydrogens is 168 g/mol. The zero-order valence-corrected chi connectivity index (χ0v) is 9.41. The van der Waals surface area contributed by atoms with Crippen LogP contribution in [0.15, 0.2) is 0 Å². The zero-order valence-electron chi connectivity index (χ0n) is 8.59. The molecule has 0 aliphatic carbocycles. The van der Waals surface area contributed by atoms with Gasteiger partial charge in [0.15, 0.2) is 0 Å². The van der Waals surface area contributed by atoms with Crippen molar-refractivity contribution in [1.29, 1.82) is 0 Å². The highest BCUT2D eigenvalue weighted by atomic mass is 32.2. The summed E-state index contributed by atoms with van der Waals surface area (Å²) in [5.74, 6) is 1.66. The summed E-state index contributed by atoms with van der Waals surface area (Å²) in [6, 6.07) is 0. The number of thioether (sulfide) groups is 1. The van der Waals surface area contributed by atoms with Crippen molar-refractivity contribution in [3.63, 3.8) is 0 Å². The first-order valence-corrected chi connectivity index (χ1v) is 5.74. The van der Waals surface area contributed by atoms with E-state index in [4.69, 9.17) is 0 Å². The molecule has 0 N–H and O–H groups in total. The molecule has 0 aromatic carbocycles. The van der Waals surface area contributed by atoms with Crippen molar-refractivity contribution < 1.29 is 4.79 Å². The predicted molar refractivity (Wildman–Crippen MR) is 56.7 cm³/mol. The Labute approximate surface area is 80.3 Å². The largest absolute Gasteiger partial charge is 0.299 e. The van der Waals surface area contributed by atoms with E-state index in [9.17, 15) is 4.79 Å². The van der Waals surface area contributed by atoms with E-state index in [1.165, 1.54) is 0 Å². The van der Waals surface area contributed by atoms with Gasteiger partial charge in [-0.25, -0.2) is 0 Å². The summed E-state index contributed by atoms with van der Waals surface area (Å²) in [5, 5.41) is 0.575. The van der Waals surface area contributed by atoms with Crippen LogP contribution in [0.25, 0.3) is 0 Å². The normalized spacial score (nSPS) is 13.4. The van der Waals surface area contributed by atoms with Crippen LogP contribution in [0, 0.1) is 5.92 Å². The molecule has 0 fully saturated rings. The van der Waals surface area contributed by atoms with Gasteiger partial charge in [-0.1, -0.05) is 34.1 Å². The van der Waals surface area contributed by atoms with Gasteiger partial charge in [-0.3, -0.25) is 4.79 Å². The van der Waals surface area contributed by atoms with Gasteiger partial charge in [-0.15, -0.1) is 0 Å². The van der Waals surface area contributed by atoms with Crippen molar-refractivity contribution in [3.05, 3.63) is 0 Å². The van der Waals surface area contributed by atoms with Crippen LogP contribution in [0.3, 0.4) is 0 Å². The number of carbonyl (C=O) groups excluding carboxylic acids is 1. The van der Waals surface area contributed by atoms with E-state index < -0.39 is 0 Å². The van der Waals surface area contributed by atoms with Crippen LogP contribution in [-0.4, -0.2) is 16.8 Å². The zero-order chi connectivity index (χ0) is 9.56. The Morgan fingerprint density at radius 2 is 1.92 bits per heavy atom. The van der Waals surface area contributed by atoms with Crippen molar-refractivity contribution in [3.8, 4) is 0 Å². The molecule has 0 spiro atoms. The summed E-state index contributed by atoms with van der Waals surface area (Å²) in [6.45, 7) is 8.52. The Kier molecular flexibility index (Phi) is 6.54. The van der Waals surface area contributed by atoms with Gasteiger partial charge in [0.1, 0.15) is 5.78 Å². The van der Waals surface area contributed by atoms with E-state index in [2.05, 4.69) is 27.7 Å². The van der Waals surface area contributed by atoms with E-state index in [0.717, 1.165) is 12.8 Å². The third-order valence-electron chi connectivity index (χ3n) is 1.85. The van der Waals surface area contributed by atoms with Gasteiger partial charge in [0, 0.05) is 6.42 Å². The Balaban J connectivity index is 3.46. The maximum atomic E-state index is 11.3. The fourth-order valence-electron chi connectivity index (χ4n) is 0.852. The number of ketones is 1. The lowest BCUT2D eigenvalue weighted by atomic mass is 10.0. The van der Waals surface area contributed by atoms with E-state index in [1.54, 1.807) is 11.8 Å². The van der Waals surface area contributed by atoms with E-state index in [0.29, 0.717) is 22.7 Å². The Bertz CT molecular complexity index is 132. The maximum Gasteiger partial charge on any atom is 0.143 e. The lowest BCUT2D eigenvalue weighted by Crippen LogP contribution is -2.08. The smallest absolute Gasteiger partial charge is 0.143 e. The third-order valence-corrected chi connectivity index (χ3v) is 3.01. The minimum absolute atomic E-state index is 0.406. The molecule has 12 heavy (non-hydrogen) atoms. The molecule has 0 saturated carbocycles. The molecule has 0 aliphatic rings. The molecule has 0 aliphatic heterocycles. The monoisotopic (exact) mass is 188 g/mol. The maximum absolute atomic E-state index is 11.3. The third kappa shape index (κ3) is 6.71. The quantitative estimate of drug-likeness (QED) is 0.637. The number of Topliss-reactive ketones (excluding diaryl/α,β-unsaturated/α-hetero) is 1. The SMILES string of the molecule is CCC(C)CC(=O)CSC(C)C. The molecule has 0 bridgehead atoms. The molecule has 1 atom stereocenters. The summed E-state index contributed by atoms with van der Waals surface area (Å²) in [7, 11) is 0. The first-order chi connectivity index (χ1) is 5.56. The van der Waals surface area contributed by atoms with Crippen LogP contribution >= 0.6 is 11.8 Å². The summed E-state index contributed by atoms with van der Waals surface area (Å²) in [4.78, 5) is 11.3. The first kappa shape index (κ1) is 12.0. The van der Waals surface area contributed by atoms with Crippen LogP contribution in [0.4, 0.5) is 0 Å². The minimum Gasteiger partial charge on any atom is -0.299 e. The van der Waals surface area contributed by atoms with Crippen molar-refractivity contribution in [2.45, 2.75) is 45.8 Å². The Morgan fingerprint density at radius 3 is 2.33 bits per heavy atom. The lowest BCUT2D eigenvalue weighted by molar-refractivity contribution is -0.117. The second kappa shape index (κ2) is 6.53. The van der Waals surface area contributed by atoms with E-state index >= 15 is 0 Å². The molecule has 2 heteroatoms. The van der Waals surface area contributed by atoms with Gasteiger partial charge in [-0.2, -0.15) is 11.8 Å². The second-order valence-corrected chi connectivity index (χ2v) is 5.18. The minimum atomic E-state index is 0.406. The van der Waals surface area contributed by atoms with Crippen LogP contribution < -0.4 is 0 Å². The van der Waals surface area contributed by atoms with Crippen molar-refractivity contribution in [2.75, 3.05) is 5.75 Å². The molecule has 1 nitrogen and oxygen atoms in total. The molecule has 0 saturated heterocycles. The Morgan fingerprint density at radius 1 is 1.33 bits per heavy atom. The topological polar surface area (TPSA) is 17.1 Å². The summed E-state index contributed by atoms with van der Waals surface area (Å²) >= 11 is 1.74. The van der Waals surface area contributed by atoms with E-state index in [1.807, 2.05) is 0 Å². The summed E-state index contributed by atoms with van der Waals surface area (Å²) < 4.78 is 0. The lowest BCUT2D eigenvalue weighted by Gasteiger charge is -2.07. The van der Waals surface area contributed by atoms with Crippen LogP contribution in [0.2, 0.25) is 0 Å². The van der Waals surface area contributed by atoms with Gasteiger partial charge in [0.05, 0.1) is 5.75 Å². The fraction of sp³-hybridized carbons (Fsp3) is 0.900. The molecule has 0 aromatic heterocycles. The highest BCUT2D eigenvalue weighted by Gasteiger charge is 2.07. The highest BCUT2D eigenvalue weighted by Crippen LogP contribution is 2.13. The van der Waals surface area contributed by atoms with Crippen LogP contribution in [0.5, 0.6) is 0 Å². The van der Waals surface area contributed by atoms with Gasteiger partial charge < -0.3 is 0 Å². The second-order valence-electron chi connectivity index (χ2n) is 3.62. The van der Waals surface area contributed by atoms with Crippen LogP contribution in [0.1, 0.15) is 40.5 Å². The fourth-order valence-corrected chi connectivity index (χ4v) is 1.49. The standard InChI is InChI=1S/C10H20OS/c1-5-9(4)6-10(11)7-12-8(2)3/h8-9H,5-7H2,1-4H3. The summed E-state index contributed by atoms with van der Waals surface area (Å²) in [6.07, 6.45) is 1.87. The average molecular weight is 188 g/mol. The number of hydrogen-bond donors (Lipinski definition) is 0. The average Bonchev–Trinajstić information content (AvgIpc) is 2.00. The number of hydrogen-bond acceptors (Lipinski definition) is 2. The Hall–Kier alpha value is 0.0200. The number of rotatable bonds is 6. The molecule has 0 amide bonds. The predicted octanol–water partition coefficient (Wildman–Crippen LogP) is 3.13. The van der Waals surface area contributed by atoms with E-state index in [-0.39, 0.29) is 0 Å². The van der Waals surface area contributed by atoms with Crippen molar-refractivity contribution >= 4 is 17.5 Å². The summed E-state index contributed by atoms with van der Waals surface area (Å²) in [5.41, 5.74) is 0. The van der Waals surface area contributed by atoms with Crippen LogP contribution in [-0.2, 0) is 4.79 Å². The van der Waals surface area contributed by atoms with Crippen molar-refractivity contribution in [2.24, 2.45) is 5.92 Å². The number of carbonyl (C=O) groups is 1. The molecule has 1 unspecified atom stereocenters. The first-order valence-electron chi connectivity index (χ1n) is 4.69. The highest BCUT2D eigenvalue weighted by molar-refractivity contribution is 8.00. The van der Waals surface area contributed by atoms with Gasteiger partial charge >= 0.3 is 0 Å². The van der Waals surface area contributed by atoms with Crippen molar-refractivity contribution in [1.82, 2.24) is 0 Å². The van der Waals surface area contributed by atoms with Gasteiger partial charge in [-0.05, 0) is 11.2 Å². The molecule has 0 aromatic rings. The molecular formula is C10H20OS. The molecule has 0 radical (unpaired) electrons.